The van der Waals surface area contributed by atoms with Gasteiger partial charge in [0, 0.05) is 17.5 Å². The second kappa shape index (κ2) is 5.77. The van der Waals surface area contributed by atoms with E-state index in [2.05, 4.69) is 18.2 Å². The molecule has 2 nitrogen and oxygen atoms in total. The van der Waals surface area contributed by atoms with Crippen molar-refractivity contribution in [2.75, 3.05) is 13.7 Å². The maximum atomic E-state index is 6.17. The van der Waals surface area contributed by atoms with Crippen LogP contribution in [0.4, 0.5) is 0 Å². The van der Waals surface area contributed by atoms with Crippen molar-refractivity contribution in [3.8, 4) is 5.75 Å². The number of nitrogens with two attached hydrogens (primary N) is 1. The summed E-state index contributed by atoms with van der Waals surface area (Å²) in [4.78, 5) is 0. The van der Waals surface area contributed by atoms with Crippen molar-refractivity contribution in [3.63, 3.8) is 0 Å². The van der Waals surface area contributed by atoms with Gasteiger partial charge in [0.1, 0.15) is 5.75 Å². The molecule has 20 heavy (non-hydrogen) atoms. The minimum atomic E-state index is 0.167. The Bertz CT molecular complexity index is 456. The van der Waals surface area contributed by atoms with E-state index in [0.29, 0.717) is 0 Å². The molecular formula is C18H27NO. The van der Waals surface area contributed by atoms with E-state index in [9.17, 15) is 0 Å². The molecule has 2 N–H and O–H groups in total. The van der Waals surface area contributed by atoms with E-state index in [-0.39, 0.29) is 5.41 Å². The Hall–Kier alpha value is -1.02. The van der Waals surface area contributed by atoms with Crippen LogP contribution in [-0.4, -0.2) is 13.7 Å². The van der Waals surface area contributed by atoms with Gasteiger partial charge < -0.3 is 10.5 Å². The highest BCUT2D eigenvalue weighted by atomic mass is 16.5. The molecule has 0 amide bonds. The molecule has 2 aliphatic rings. The van der Waals surface area contributed by atoms with E-state index in [1.54, 1.807) is 7.11 Å². The second-order valence-electron chi connectivity index (χ2n) is 6.63. The molecule has 2 fully saturated rings. The number of methoxy groups -OCH3 is 1. The summed E-state index contributed by atoms with van der Waals surface area (Å²) in [5.41, 5.74) is 9.23. The van der Waals surface area contributed by atoms with Gasteiger partial charge in [-0.15, -0.1) is 0 Å². The average molecular weight is 273 g/mol. The van der Waals surface area contributed by atoms with Crippen molar-refractivity contribution in [1.82, 2.24) is 0 Å². The SMILES string of the molecule is COc1ccc(C2CCCC2)cc1C1(CN)CCCC1. The zero-order valence-electron chi connectivity index (χ0n) is 12.7. The highest BCUT2D eigenvalue weighted by molar-refractivity contribution is 5.44. The molecule has 0 saturated heterocycles. The van der Waals surface area contributed by atoms with Gasteiger partial charge in [-0.3, -0.25) is 0 Å². The van der Waals surface area contributed by atoms with E-state index in [4.69, 9.17) is 10.5 Å². The molecule has 0 atom stereocenters. The molecule has 3 rings (SSSR count). The smallest absolute Gasteiger partial charge is 0.122 e. The van der Waals surface area contributed by atoms with Crippen LogP contribution in [0.3, 0.4) is 0 Å². The molecule has 0 aliphatic heterocycles. The Labute approximate surface area is 122 Å². The van der Waals surface area contributed by atoms with Gasteiger partial charge in [-0.1, -0.05) is 37.8 Å². The van der Waals surface area contributed by atoms with Gasteiger partial charge >= 0.3 is 0 Å². The van der Waals surface area contributed by atoms with Crippen LogP contribution in [-0.2, 0) is 5.41 Å². The maximum absolute atomic E-state index is 6.17. The molecule has 0 radical (unpaired) electrons. The van der Waals surface area contributed by atoms with Crippen molar-refractivity contribution in [1.29, 1.82) is 0 Å². The zero-order chi connectivity index (χ0) is 14.0. The van der Waals surface area contributed by atoms with Crippen LogP contribution in [0.1, 0.15) is 68.4 Å². The quantitative estimate of drug-likeness (QED) is 0.895. The summed E-state index contributed by atoms with van der Waals surface area (Å²) < 4.78 is 5.65. The molecule has 0 spiro atoms. The molecular weight excluding hydrogens is 246 g/mol. The van der Waals surface area contributed by atoms with Gasteiger partial charge in [-0.2, -0.15) is 0 Å². The van der Waals surface area contributed by atoms with Gasteiger partial charge in [-0.05, 0) is 43.2 Å². The predicted octanol–water partition coefficient (Wildman–Crippen LogP) is 4.12. The number of rotatable bonds is 4. The predicted molar refractivity (Wildman–Crippen MR) is 83.4 cm³/mol. The standard InChI is InChI=1S/C18H27NO/c1-20-17-9-8-15(14-6-2-3-7-14)12-16(17)18(13-19)10-4-5-11-18/h8-9,12,14H,2-7,10-11,13,19H2,1H3. The summed E-state index contributed by atoms with van der Waals surface area (Å²) in [6.07, 6.45) is 10.5. The van der Waals surface area contributed by atoms with Crippen molar-refractivity contribution >= 4 is 0 Å². The van der Waals surface area contributed by atoms with Crippen molar-refractivity contribution in [2.24, 2.45) is 5.73 Å². The third-order valence-electron chi connectivity index (χ3n) is 5.57. The van der Waals surface area contributed by atoms with Crippen LogP contribution in [0.2, 0.25) is 0 Å². The third kappa shape index (κ3) is 2.35. The highest BCUT2D eigenvalue weighted by Crippen LogP contribution is 2.46. The zero-order valence-corrected chi connectivity index (χ0v) is 12.7. The minimum absolute atomic E-state index is 0.167. The molecule has 2 heteroatoms. The highest BCUT2D eigenvalue weighted by Gasteiger charge is 2.37. The first-order chi connectivity index (χ1) is 9.79. The largest absolute Gasteiger partial charge is 0.496 e. The minimum Gasteiger partial charge on any atom is -0.496 e. The average Bonchev–Trinajstić information content (AvgIpc) is 3.18. The summed E-state index contributed by atoms with van der Waals surface area (Å²) >= 11 is 0. The lowest BCUT2D eigenvalue weighted by Gasteiger charge is -2.30. The second-order valence-corrected chi connectivity index (χ2v) is 6.63. The Morgan fingerprint density at radius 1 is 1.15 bits per heavy atom. The number of benzene rings is 1. The summed E-state index contributed by atoms with van der Waals surface area (Å²) in [6, 6.07) is 6.88. The summed E-state index contributed by atoms with van der Waals surface area (Å²) in [5.74, 6) is 1.80. The Morgan fingerprint density at radius 3 is 2.45 bits per heavy atom. The van der Waals surface area contributed by atoms with E-state index in [0.717, 1.165) is 18.2 Å². The lowest BCUT2D eigenvalue weighted by molar-refractivity contribution is 0.377. The fraction of sp³-hybridized carbons (Fsp3) is 0.667. The van der Waals surface area contributed by atoms with Crippen LogP contribution in [0.25, 0.3) is 0 Å². The molecule has 1 aromatic carbocycles. The van der Waals surface area contributed by atoms with Crippen LogP contribution in [0.5, 0.6) is 5.75 Å². The van der Waals surface area contributed by atoms with Gasteiger partial charge in [0.15, 0.2) is 0 Å². The molecule has 0 heterocycles. The molecule has 2 aliphatic carbocycles. The number of hydrogen-bond acceptors (Lipinski definition) is 2. The molecule has 0 unspecified atom stereocenters. The molecule has 2 saturated carbocycles. The van der Waals surface area contributed by atoms with Crippen molar-refractivity contribution in [2.45, 2.75) is 62.7 Å². The summed E-state index contributed by atoms with van der Waals surface area (Å²) in [5, 5.41) is 0. The van der Waals surface area contributed by atoms with E-state index >= 15 is 0 Å². The maximum Gasteiger partial charge on any atom is 0.122 e. The first kappa shape index (κ1) is 13.9. The van der Waals surface area contributed by atoms with E-state index in [1.165, 1.54) is 62.5 Å². The molecule has 110 valence electrons. The van der Waals surface area contributed by atoms with Crippen molar-refractivity contribution < 1.29 is 4.74 Å². The third-order valence-corrected chi connectivity index (χ3v) is 5.57. The van der Waals surface area contributed by atoms with Crippen molar-refractivity contribution in [3.05, 3.63) is 29.3 Å². The fourth-order valence-electron chi connectivity index (χ4n) is 4.29. The van der Waals surface area contributed by atoms with Crippen LogP contribution in [0.15, 0.2) is 18.2 Å². The Kier molecular flexibility index (Phi) is 4.02. The molecule has 1 aromatic rings. The molecule has 0 aromatic heterocycles. The number of hydrogen-bond donors (Lipinski definition) is 1. The van der Waals surface area contributed by atoms with Gasteiger partial charge in [0.05, 0.1) is 7.11 Å². The van der Waals surface area contributed by atoms with E-state index < -0.39 is 0 Å². The van der Waals surface area contributed by atoms with Gasteiger partial charge in [0.25, 0.3) is 0 Å². The van der Waals surface area contributed by atoms with E-state index in [1.807, 2.05) is 0 Å². The Balaban J connectivity index is 2.00. The van der Waals surface area contributed by atoms with Crippen LogP contribution in [0, 0.1) is 0 Å². The normalized spacial score (nSPS) is 22.3. The lowest BCUT2D eigenvalue weighted by Crippen LogP contribution is -2.32. The first-order valence-corrected chi connectivity index (χ1v) is 8.17. The first-order valence-electron chi connectivity index (χ1n) is 8.17. The summed E-state index contributed by atoms with van der Waals surface area (Å²) in [6.45, 7) is 0.747. The van der Waals surface area contributed by atoms with Crippen LogP contribution >= 0.6 is 0 Å². The lowest BCUT2D eigenvalue weighted by atomic mass is 9.77. The van der Waals surface area contributed by atoms with Gasteiger partial charge in [0.2, 0.25) is 0 Å². The van der Waals surface area contributed by atoms with Crippen LogP contribution < -0.4 is 10.5 Å². The summed E-state index contributed by atoms with van der Waals surface area (Å²) in [7, 11) is 1.78. The topological polar surface area (TPSA) is 35.2 Å². The number of ether oxygens (including phenoxy) is 1. The Morgan fingerprint density at radius 2 is 1.85 bits per heavy atom. The monoisotopic (exact) mass is 273 g/mol. The fourth-order valence-corrected chi connectivity index (χ4v) is 4.29. The molecule has 0 bridgehead atoms. The van der Waals surface area contributed by atoms with Gasteiger partial charge in [-0.25, -0.2) is 0 Å².